The summed E-state index contributed by atoms with van der Waals surface area (Å²) in [5.74, 6) is -2.35. The molecule has 0 heterocycles. The molecule has 0 aliphatic carbocycles. The van der Waals surface area contributed by atoms with Crippen LogP contribution in [0, 0.1) is 0 Å². The summed E-state index contributed by atoms with van der Waals surface area (Å²) in [5.41, 5.74) is 0. The van der Waals surface area contributed by atoms with Gasteiger partial charge in [-0.1, -0.05) is 0 Å². The molecule has 116 valence electrons. The zero-order valence-corrected chi connectivity index (χ0v) is 12.0. The maximum atomic E-state index is 11.6. The molecule has 0 aliphatic heterocycles. The molecule has 0 fully saturated rings. The lowest BCUT2D eigenvalue weighted by Crippen LogP contribution is -2.48. The van der Waals surface area contributed by atoms with Gasteiger partial charge in [0.1, 0.15) is 6.04 Å². The Morgan fingerprint density at radius 2 is 1.70 bits per heavy atom. The third kappa shape index (κ3) is 9.15. The molecule has 20 heavy (non-hydrogen) atoms. The highest BCUT2D eigenvalue weighted by Crippen LogP contribution is 1.99. The molecule has 0 saturated carbocycles. The molecular weight excluding hydrogens is 266 g/mol. The Balaban J connectivity index is 4.18. The van der Waals surface area contributed by atoms with Gasteiger partial charge in [0.25, 0.3) is 0 Å². The van der Waals surface area contributed by atoms with Gasteiger partial charge in [0, 0.05) is 12.5 Å². The van der Waals surface area contributed by atoms with Crippen LogP contribution in [-0.4, -0.2) is 65.8 Å². The summed E-state index contributed by atoms with van der Waals surface area (Å²) < 4.78 is 0. The molecule has 4 N–H and O–H groups in total. The lowest BCUT2D eigenvalue weighted by Gasteiger charge is -2.19. The molecule has 0 bridgehead atoms. The highest BCUT2D eigenvalue weighted by molar-refractivity contribution is 5.83. The van der Waals surface area contributed by atoms with E-state index in [1.807, 2.05) is 25.9 Å². The summed E-state index contributed by atoms with van der Waals surface area (Å²) in [4.78, 5) is 34.9. The molecule has 0 rings (SSSR count). The van der Waals surface area contributed by atoms with Crippen LogP contribution in [0.4, 0.5) is 4.79 Å². The Kier molecular flexibility index (Phi) is 8.30. The molecule has 0 spiro atoms. The highest BCUT2D eigenvalue weighted by atomic mass is 16.4. The number of nitrogens with one attached hydrogen (secondary N) is 2. The molecule has 2 unspecified atom stereocenters. The van der Waals surface area contributed by atoms with Gasteiger partial charge in [0.2, 0.25) is 0 Å². The topological polar surface area (TPSA) is 119 Å². The van der Waals surface area contributed by atoms with E-state index < -0.39 is 24.0 Å². The van der Waals surface area contributed by atoms with E-state index in [1.54, 1.807) is 0 Å². The van der Waals surface area contributed by atoms with Gasteiger partial charge in [-0.15, -0.1) is 0 Å². The summed E-state index contributed by atoms with van der Waals surface area (Å²) in [7, 11) is 3.83. The zero-order chi connectivity index (χ0) is 15.7. The van der Waals surface area contributed by atoms with Crippen LogP contribution in [0.15, 0.2) is 0 Å². The molecule has 0 radical (unpaired) electrons. The van der Waals surface area contributed by atoms with E-state index in [1.165, 1.54) is 0 Å². The summed E-state index contributed by atoms with van der Waals surface area (Å²) >= 11 is 0. The van der Waals surface area contributed by atoms with Crippen molar-refractivity contribution < 1.29 is 24.6 Å². The summed E-state index contributed by atoms with van der Waals surface area (Å²) in [6.45, 7) is 2.61. The number of carboxylic acid groups (broad SMARTS) is 2. The third-order valence-corrected chi connectivity index (χ3v) is 2.64. The second-order valence-electron chi connectivity index (χ2n) is 4.93. The van der Waals surface area contributed by atoms with Crippen molar-refractivity contribution in [3.05, 3.63) is 0 Å². The van der Waals surface area contributed by atoms with E-state index in [4.69, 9.17) is 10.2 Å². The average molecular weight is 289 g/mol. The lowest BCUT2D eigenvalue weighted by atomic mass is 10.1. The number of amides is 2. The Morgan fingerprint density at radius 1 is 1.10 bits per heavy atom. The van der Waals surface area contributed by atoms with Gasteiger partial charge in [-0.05, 0) is 40.4 Å². The second-order valence-corrected chi connectivity index (χ2v) is 4.93. The average Bonchev–Trinajstić information content (AvgIpc) is 2.31. The molecule has 0 aromatic carbocycles. The Hall–Kier alpha value is -1.83. The van der Waals surface area contributed by atoms with Crippen LogP contribution in [0.3, 0.4) is 0 Å². The standard InChI is InChI=1S/C12H23N3O5/c1-8(6-7-15(2)3)13-12(20)14-9(11(18)19)4-5-10(16)17/h8-9H,4-7H2,1-3H3,(H,16,17)(H,18,19)(H2,13,14,20). The molecule has 0 saturated heterocycles. The molecule has 8 nitrogen and oxygen atoms in total. The third-order valence-electron chi connectivity index (χ3n) is 2.64. The van der Waals surface area contributed by atoms with Crippen LogP contribution in [0.1, 0.15) is 26.2 Å². The molecule has 2 amide bonds. The van der Waals surface area contributed by atoms with Crippen LogP contribution >= 0.6 is 0 Å². The number of hydrogen-bond acceptors (Lipinski definition) is 4. The maximum absolute atomic E-state index is 11.6. The quantitative estimate of drug-likeness (QED) is 0.472. The van der Waals surface area contributed by atoms with E-state index in [9.17, 15) is 14.4 Å². The second kappa shape index (κ2) is 9.13. The van der Waals surface area contributed by atoms with Crippen LogP contribution < -0.4 is 10.6 Å². The lowest BCUT2D eigenvalue weighted by molar-refractivity contribution is -0.140. The largest absolute Gasteiger partial charge is 0.481 e. The van der Waals surface area contributed by atoms with Gasteiger partial charge in [-0.2, -0.15) is 0 Å². The van der Waals surface area contributed by atoms with Crippen LogP contribution in [0.5, 0.6) is 0 Å². The fraction of sp³-hybridized carbons (Fsp3) is 0.750. The number of rotatable bonds is 9. The normalized spacial score (nSPS) is 13.6. The number of carboxylic acids is 2. The van der Waals surface area contributed by atoms with Gasteiger partial charge in [0.15, 0.2) is 0 Å². The zero-order valence-electron chi connectivity index (χ0n) is 12.0. The fourth-order valence-electron chi connectivity index (χ4n) is 1.47. The number of carbonyl (C=O) groups is 3. The highest BCUT2D eigenvalue weighted by Gasteiger charge is 2.21. The van der Waals surface area contributed by atoms with Crippen molar-refractivity contribution in [1.29, 1.82) is 0 Å². The van der Waals surface area contributed by atoms with E-state index >= 15 is 0 Å². The molecule has 8 heteroatoms. The van der Waals surface area contributed by atoms with Crippen molar-refractivity contribution in [2.24, 2.45) is 0 Å². The molecule has 0 aromatic heterocycles. The fourth-order valence-corrected chi connectivity index (χ4v) is 1.47. The van der Waals surface area contributed by atoms with Gasteiger partial charge < -0.3 is 25.7 Å². The summed E-state index contributed by atoms with van der Waals surface area (Å²) in [6.07, 6.45) is 0.269. The monoisotopic (exact) mass is 289 g/mol. The van der Waals surface area contributed by atoms with E-state index in [0.29, 0.717) is 0 Å². The first-order valence-corrected chi connectivity index (χ1v) is 6.38. The van der Waals surface area contributed by atoms with Gasteiger partial charge >= 0.3 is 18.0 Å². The van der Waals surface area contributed by atoms with E-state index in [-0.39, 0.29) is 18.9 Å². The Bertz CT molecular complexity index is 346. The smallest absolute Gasteiger partial charge is 0.326 e. The predicted molar refractivity (Wildman–Crippen MR) is 72.6 cm³/mol. The number of urea groups is 1. The van der Waals surface area contributed by atoms with Crippen molar-refractivity contribution in [1.82, 2.24) is 15.5 Å². The van der Waals surface area contributed by atoms with Crippen LogP contribution in [-0.2, 0) is 9.59 Å². The summed E-state index contributed by atoms with van der Waals surface area (Å²) in [6, 6.07) is -1.91. The van der Waals surface area contributed by atoms with Crippen molar-refractivity contribution >= 4 is 18.0 Å². The van der Waals surface area contributed by atoms with Gasteiger partial charge in [0.05, 0.1) is 0 Å². The van der Waals surface area contributed by atoms with Crippen molar-refractivity contribution in [2.45, 2.75) is 38.3 Å². The predicted octanol–water partition coefficient (Wildman–Crippen LogP) is -0.0562. The maximum Gasteiger partial charge on any atom is 0.326 e. The van der Waals surface area contributed by atoms with Crippen LogP contribution in [0.2, 0.25) is 0 Å². The van der Waals surface area contributed by atoms with Gasteiger partial charge in [-0.3, -0.25) is 4.79 Å². The van der Waals surface area contributed by atoms with Crippen molar-refractivity contribution in [2.75, 3.05) is 20.6 Å². The molecule has 2 atom stereocenters. The van der Waals surface area contributed by atoms with Crippen LogP contribution in [0.25, 0.3) is 0 Å². The minimum absolute atomic E-state index is 0.105. The SMILES string of the molecule is CC(CCN(C)C)NC(=O)NC(CCC(=O)O)C(=O)O. The first kappa shape index (κ1) is 18.2. The van der Waals surface area contributed by atoms with E-state index in [2.05, 4.69) is 10.6 Å². The first-order valence-electron chi connectivity index (χ1n) is 6.38. The molecular formula is C12H23N3O5. The number of nitrogens with zero attached hydrogens (tertiary/aromatic N) is 1. The molecule has 0 aromatic rings. The van der Waals surface area contributed by atoms with Crippen molar-refractivity contribution in [3.63, 3.8) is 0 Å². The minimum atomic E-state index is -1.25. The number of aliphatic carboxylic acids is 2. The van der Waals surface area contributed by atoms with Gasteiger partial charge in [-0.25, -0.2) is 9.59 Å². The first-order chi connectivity index (χ1) is 9.22. The Morgan fingerprint density at radius 3 is 2.15 bits per heavy atom. The number of hydrogen-bond donors (Lipinski definition) is 4. The van der Waals surface area contributed by atoms with E-state index in [0.717, 1.165) is 13.0 Å². The Labute approximate surface area is 118 Å². The molecule has 0 aliphatic rings. The van der Waals surface area contributed by atoms with Crippen molar-refractivity contribution in [3.8, 4) is 0 Å². The minimum Gasteiger partial charge on any atom is -0.481 e. The number of carbonyl (C=O) groups excluding carboxylic acids is 1. The summed E-state index contributed by atoms with van der Waals surface area (Å²) in [5, 5.41) is 22.3.